The summed E-state index contributed by atoms with van der Waals surface area (Å²) in [6.45, 7) is 4.47. The van der Waals surface area contributed by atoms with Crippen LogP contribution >= 0.6 is 15.9 Å². The summed E-state index contributed by atoms with van der Waals surface area (Å²) < 4.78 is 12.3. The molecule has 1 aliphatic carbocycles. The number of ether oxygens (including phenoxy) is 2. The van der Waals surface area contributed by atoms with Crippen molar-refractivity contribution < 1.29 is 9.47 Å². The van der Waals surface area contributed by atoms with E-state index < -0.39 is 0 Å². The minimum Gasteiger partial charge on any atom is -0.486 e. The van der Waals surface area contributed by atoms with Crippen molar-refractivity contribution in [2.24, 2.45) is 0 Å². The molecule has 0 unspecified atom stereocenters. The zero-order valence-electron chi connectivity index (χ0n) is 11.3. The highest BCUT2D eigenvalue weighted by molar-refractivity contribution is 9.10. The Morgan fingerprint density at radius 2 is 1.95 bits per heavy atom. The molecule has 2 aliphatic rings. The number of rotatable bonds is 3. The monoisotopic (exact) mass is 325 g/mol. The maximum atomic E-state index is 5.66. The lowest BCUT2D eigenvalue weighted by Crippen LogP contribution is -2.38. The molecule has 1 heterocycles. The second kappa shape index (κ2) is 5.33. The van der Waals surface area contributed by atoms with Crippen LogP contribution < -0.4 is 14.8 Å². The Morgan fingerprint density at radius 1 is 1.21 bits per heavy atom. The summed E-state index contributed by atoms with van der Waals surface area (Å²) in [6, 6.07) is 4.21. The fourth-order valence-corrected chi connectivity index (χ4v) is 3.52. The van der Waals surface area contributed by atoms with Gasteiger partial charge in [-0.25, -0.2) is 0 Å². The molecule has 1 N–H and O–H groups in total. The van der Waals surface area contributed by atoms with Crippen LogP contribution in [-0.2, 0) is 6.54 Å². The number of hydrogen-bond acceptors (Lipinski definition) is 3. The molecule has 0 bridgehead atoms. The molecule has 104 valence electrons. The van der Waals surface area contributed by atoms with E-state index in [-0.39, 0.29) is 0 Å². The normalized spacial score (nSPS) is 20.5. The van der Waals surface area contributed by atoms with Gasteiger partial charge in [0.2, 0.25) is 0 Å². The van der Waals surface area contributed by atoms with Gasteiger partial charge in [-0.15, -0.1) is 0 Å². The fraction of sp³-hybridized carbons (Fsp3) is 0.600. The molecule has 4 heteroatoms. The van der Waals surface area contributed by atoms with Crippen LogP contribution in [-0.4, -0.2) is 18.8 Å². The van der Waals surface area contributed by atoms with E-state index in [1.807, 2.05) is 0 Å². The first-order chi connectivity index (χ1) is 9.16. The third-order valence-electron chi connectivity index (χ3n) is 4.08. The molecule has 19 heavy (non-hydrogen) atoms. The standard InChI is InChI=1S/C15H20BrNO2/c1-15(4-2-3-5-15)17-10-11-8-12(16)14-13(9-11)18-6-7-19-14/h8-9,17H,2-7,10H2,1H3. The van der Waals surface area contributed by atoms with E-state index in [1.165, 1.54) is 31.2 Å². The average Bonchev–Trinajstić information content (AvgIpc) is 2.84. The van der Waals surface area contributed by atoms with Gasteiger partial charge in [0.1, 0.15) is 13.2 Å². The molecule has 3 rings (SSSR count). The zero-order valence-corrected chi connectivity index (χ0v) is 12.9. The Morgan fingerprint density at radius 3 is 2.74 bits per heavy atom. The minimum absolute atomic E-state index is 0.305. The molecule has 0 radical (unpaired) electrons. The smallest absolute Gasteiger partial charge is 0.175 e. The van der Waals surface area contributed by atoms with Gasteiger partial charge in [0.15, 0.2) is 11.5 Å². The molecular weight excluding hydrogens is 306 g/mol. The van der Waals surface area contributed by atoms with Crippen LogP contribution in [0.4, 0.5) is 0 Å². The van der Waals surface area contributed by atoms with Gasteiger partial charge in [0, 0.05) is 12.1 Å². The molecule has 1 aromatic rings. The zero-order chi connectivity index (χ0) is 13.3. The highest BCUT2D eigenvalue weighted by Crippen LogP contribution is 2.38. The Hall–Kier alpha value is -0.740. The maximum absolute atomic E-state index is 5.66. The molecule has 3 nitrogen and oxygen atoms in total. The predicted octanol–water partition coefficient (Wildman–Crippen LogP) is 3.64. The van der Waals surface area contributed by atoms with Crippen molar-refractivity contribution >= 4 is 15.9 Å². The Labute approximate surface area is 122 Å². The topological polar surface area (TPSA) is 30.5 Å². The molecule has 1 fully saturated rings. The number of benzene rings is 1. The quantitative estimate of drug-likeness (QED) is 0.920. The third-order valence-corrected chi connectivity index (χ3v) is 4.67. The second-order valence-electron chi connectivity index (χ2n) is 5.72. The predicted molar refractivity (Wildman–Crippen MR) is 78.8 cm³/mol. The van der Waals surface area contributed by atoms with Crippen LogP contribution in [0.1, 0.15) is 38.2 Å². The van der Waals surface area contributed by atoms with Crippen LogP contribution in [0, 0.1) is 0 Å². The Bertz CT molecular complexity index is 469. The fourth-order valence-electron chi connectivity index (χ4n) is 2.91. The second-order valence-corrected chi connectivity index (χ2v) is 6.58. The number of nitrogens with one attached hydrogen (secondary N) is 1. The van der Waals surface area contributed by atoms with E-state index in [2.05, 4.69) is 40.3 Å². The van der Waals surface area contributed by atoms with E-state index in [9.17, 15) is 0 Å². The Balaban J connectivity index is 1.72. The molecule has 1 saturated carbocycles. The summed E-state index contributed by atoms with van der Waals surface area (Å²) in [4.78, 5) is 0. The number of fused-ring (bicyclic) bond motifs is 1. The largest absolute Gasteiger partial charge is 0.486 e. The highest BCUT2D eigenvalue weighted by atomic mass is 79.9. The van der Waals surface area contributed by atoms with Crippen LogP contribution in [0.15, 0.2) is 16.6 Å². The van der Waals surface area contributed by atoms with Crippen molar-refractivity contribution in [2.75, 3.05) is 13.2 Å². The van der Waals surface area contributed by atoms with Crippen LogP contribution in [0.2, 0.25) is 0 Å². The van der Waals surface area contributed by atoms with Crippen LogP contribution in [0.25, 0.3) is 0 Å². The minimum atomic E-state index is 0.305. The van der Waals surface area contributed by atoms with Gasteiger partial charge in [0.25, 0.3) is 0 Å². The van der Waals surface area contributed by atoms with Gasteiger partial charge in [-0.1, -0.05) is 12.8 Å². The van der Waals surface area contributed by atoms with Gasteiger partial charge in [-0.05, 0) is 53.4 Å². The maximum Gasteiger partial charge on any atom is 0.175 e. The first kappa shape index (κ1) is 13.3. The summed E-state index contributed by atoms with van der Waals surface area (Å²) in [5, 5.41) is 3.69. The first-order valence-electron chi connectivity index (χ1n) is 6.99. The molecule has 0 aromatic heterocycles. The van der Waals surface area contributed by atoms with Gasteiger partial charge >= 0.3 is 0 Å². The van der Waals surface area contributed by atoms with Crippen molar-refractivity contribution in [1.29, 1.82) is 0 Å². The number of halogens is 1. The van der Waals surface area contributed by atoms with Crippen molar-refractivity contribution in [3.63, 3.8) is 0 Å². The van der Waals surface area contributed by atoms with Gasteiger partial charge < -0.3 is 14.8 Å². The molecule has 0 amide bonds. The molecular formula is C15H20BrNO2. The van der Waals surface area contributed by atoms with E-state index in [0.717, 1.165) is 22.5 Å². The third kappa shape index (κ3) is 2.90. The van der Waals surface area contributed by atoms with Crippen molar-refractivity contribution in [2.45, 2.75) is 44.7 Å². The lowest BCUT2D eigenvalue weighted by molar-refractivity contribution is 0.170. The Kier molecular flexibility index (Phi) is 3.72. The molecule has 1 aliphatic heterocycles. The number of hydrogen-bond donors (Lipinski definition) is 1. The van der Waals surface area contributed by atoms with Gasteiger partial charge in [0.05, 0.1) is 4.47 Å². The summed E-state index contributed by atoms with van der Waals surface area (Å²) in [6.07, 6.45) is 5.24. The van der Waals surface area contributed by atoms with Crippen molar-refractivity contribution in [3.8, 4) is 11.5 Å². The van der Waals surface area contributed by atoms with Crippen molar-refractivity contribution in [3.05, 3.63) is 22.2 Å². The molecule has 0 spiro atoms. The first-order valence-corrected chi connectivity index (χ1v) is 7.79. The van der Waals surface area contributed by atoms with E-state index in [1.54, 1.807) is 0 Å². The lowest BCUT2D eigenvalue weighted by atomic mass is 10.0. The van der Waals surface area contributed by atoms with Crippen LogP contribution in [0.3, 0.4) is 0 Å². The highest BCUT2D eigenvalue weighted by Gasteiger charge is 2.27. The molecule has 0 saturated heterocycles. The van der Waals surface area contributed by atoms with E-state index >= 15 is 0 Å². The van der Waals surface area contributed by atoms with Gasteiger partial charge in [-0.2, -0.15) is 0 Å². The van der Waals surface area contributed by atoms with Gasteiger partial charge in [-0.3, -0.25) is 0 Å². The van der Waals surface area contributed by atoms with Crippen LogP contribution in [0.5, 0.6) is 11.5 Å². The molecule has 0 atom stereocenters. The summed E-state index contributed by atoms with van der Waals surface area (Å²) >= 11 is 3.57. The summed E-state index contributed by atoms with van der Waals surface area (Å²) in [7, 11) is 0. The van der Waals surface area contributed by atoms with Crippen molar-refractivity contribution in [1.82, 2.24) is 5.32 Å². The SMILES string of the molecule is CC1(NCc2cc(Br)c3c(c2)OCCO3)CCCC1. The van der Waals surface area contributed by atoms with E-state index in [4.69, 9.17) is 9.47 Å². The lowest BCUT2D eigenvalue weighted by Gasteiger charge is -2.26. The summed E-state index contributed by atoms with van der Waals surface area (Å²) in [5.41, 5.74) is 1.55. The average molecular weight is 326 g/mol. The van der Waals surface area contributed by atoms with E-state index in [0.29, 0.717) is 18.8 Å². The molecule has 1 aromatic carbocycles. The summed E-state index contributed by atoms with van der Waals surface area (Å²) in [5.74, 6) is 1.69.